The Labute approximate surface area is 160 Å². The van der Waals surface area contributed by atoms with Crippen molar-refractivity contribution in [2.45, 2.75) is 13.5 Å². The van der Waals surface area contributed by atoms with Crippen LogP contribution < -0.4 is 10.1 Å². The summed E-state index contributed by atoms with van der Waals surface area (Å²) < 4.78 is 10.4. The third-order valence-electron chi connectivity index (χ3n) is 3.69. The SMILES string of the molecule is COC(=O)c1cccc(NC(=O)c2cccc(OCc3csc(C)n3)c2)c1. The van der Waals surface area contributed by atoms with E-state index in [1.807, 2.05) is 12.3 Å². The average Bonchev–Trinajstić information content (AvgIpc) is 3.11. The highest BCUT2D eigenvalue weighted by atomic mass is 32.1. The normalized spacial score (nSPS) is 10.3. The van der Waals surface area contributed by atoms with Gasteiger partial charge in [-0.15, -0.1) is 11.3 Å². The number of nitrogens with one attached hydrogen (secondary N) is 1. The Morgan fingerprint density at radius 3 is 2.63 bits per heavy atom. The van der Waals surface area contributed by atoms with Crippen molar-refractivity contribution in [2.24, 2.45) is 0 Å². The van der Waals surface area contributed by atoms with E-state index in [1.165, 1.54) is 7.11 Å². The predicted octanol–water partition coefficient (Wildman–Crippen LogP) is 4.07. The topological polar surface area (TPSA) is 77.5 Å². The third-order valence-corrected chi connectivity index (χ3v) is 4.51. The molecule has 0 aliphatic heterocycles. The van der Waals surface area contributed by atoms with Crippen molar-refractivity contribution in [3.05, 3.63) is 75.7 Å². The summed E-state index contributed by atoms with van der Waals surface area (Å²) in [7, 11) is 1.31. The van der Waals surface area contributed by atoms with Crippen LogP contribution in [0.4, 0.5) is 5.69 Å². The molecule has 0 saturated heterocycles. The first kappa shape index (κ1) is 18.6. The second-order valence-electron chi connectivity index (χ2n) is 5.70. The lowest BCUT2D eigenvalue weighted by Gasteiger charge is -2.09. The molecule has 27 heavy (non-hydrogen) atoms. The molecule has 3 aromatic rings. The van der Waals surface area contributed by atoms with Crippen LogP contribution in [-0.4, -0.2) is 24.0 Å². The monoisotopic (exact) mass is 382 g/mol. The number of aromatic nitrogens is 1. The maximum Gasteiger partial charge on any atom is 0.337 e. The van der Waals surface area contributed by atoms with Crippen LogP contribution in [0.5, 0.6) is 5.75 Å². The average molecular weight is 382 g/mol. The fourth-order valence-corrected chi connectivity index (χ4v) is 3.00. The molecule has 7 heteroatoms. The van der Waals surface area contributed by atoms with Gasteiger partial charge in [-0.2, -0.15) is 0 Å². The van der Waals surface area contributed by atoms with Crippen molar-refractivity contribution >= 4 is 28.9 Å². The molecule has 0 atom stereocenters. The van der Waals surface area contributed by atoms with Crippen LogP contribution in [0.3, 0.4) is 0 Å². The maximum absolute atomic E-state index is 12.5. The van der Waals surface area contributed by atoms with E-state index in [0.29, 0.717) is 29.2 Å². The van der Waals surface area contributed by atoms with Gasteiger partial charge in [-0.3, -0.25) is 4.79 Å². The van der Waals surface area contributed by atoms with Gasteiger partial charge in [0.15, 0.2) is 0 Å². The number of hydrogen-bond acceptors (Lipinski definition) is 6. The van der Waals surface area contributed by atoms with E-state index >= 15 is 0 Å². The minimum atomic E-state index is -0.459. The van der Waals surface area contributed by atoms with E-state index in [-0.39, 0.29) is 5.91 Å². The Balaban J connectivity index is 1.67. The van der Waals surface area contributed by atoms with Crippen LogP contribution in [0, 0.1) is 6.92 Å². The third kappa shape index (κ3) is 4.92. The van der Waals surface area contributed by atoms with Gasteiger partial charge in [-0.25, -0.2) is 9.78 Å². The lowest BCUT2D eigenvalue weighted by atomic mass is 10.1. The Morgan fingerprint density at radius 1 is 1.11 bits per heavy atom. The number of esters is 1. The van der Waals surface area contributed by atoms with Crippen molar-refractivity contribution in [2.75, 3.05) is 12.4 Å². The Hall–Kier alpha value is -3.19. The lowest BCUT2D eigenvalue weighted by molar-refractivity contribution is 0.0600. The van der Waals surface area contributed by atoms with Crippen LogP contribution in [0.15, 0.2) is 53.9 Å². The number of anilines is 1. The minimum absolute atomic E-state index is 0.299. The quantitative estimate of drug-likeness (QED) is 0.650. The fourth-order valence-electron chi connectivity index (χ4n) is 2.40. The van der Waals surface area contributed by atoms with E-state index in [4.69, 9.17) is 4.74 Å². The summed E-state index contributed by atoms with van der Waals surface area (Å²) in [5.74, 6) is -0.178. The molecule has 0 spiro atoms. The molecule has 0 saturated carbocycles. The molecule has 0 aliphatic rings. The highest BCUT2D eigenvalue weighted by Gasteiger charge is 2.10. The number of thiazole rings is 1. The van der Waals surface area contributed by atoms with Gasteiger partial charge in [0, 0.05) is 16.6 Å². The van der Waals surface area contributed by atoms with Crippen LogP contribution in [-0.2, 0) is 11.3 Å². The molecule has 3 rings (SSSR count). The zero-order chi connectivity index (χ0) is 19.2. The number of carbonyl (C=O) groups excluding carboxylic acids is 2. The molecule has 1 aromatic heterocycles. The lowest BCUT2D eigenvalue weighted by Crippen LogP contribution is -2.12. The molecular formula is C20H18N2O4S. The Bertz CT molecular complexity index is 968. The van der Waals surface area contributed by atoms with Gasteiger partial charge in [0.25, 0.3) is 5.91 Å². The van der Waals surface area contributed by atoms with E-state index in [9.17, 15) is 9.59 Å². The molecule has 138 valence electrons. The van der Waals surface area contributed by atoms with E-state index in [1.54, 1.807) is 59.9 Å². The van der Waals surface area contributed by atoms with E-state index in [0.717, 1.165) is 10.7 Å². The van der Waals surface area contributed by atoms with Crippen molar-refractivity contribution in [3.8, 4) is 5.75 Å². The zero-order valence-electron chi connectivity index (χ0n) is 14.9. The fraction of sp³-hybridized carbons (Fsp3) is 0.150. The molecule has 1 N–H and O–H groups in total. The van der Waals surface area contributed by atoms with Crippen LogP contribution in [0.25, 0.3) is 0 Å². The second kappa shape index (κ2) is 8.46. The Morgan fingerprint density at radius 2 is 1.89 bits per heavy atom. The molecule has 2 aromatic carbocycles. The summed E-state index contributed by atoms with van der Waals surface area (Å²) in [6, 6.07) is 13.5. The van der Waals surface area contributed by atoms with E-state index < -0.39 is 5.97 Å². The number of aryl methyl sites for hydroxylation is 1. The number of ether oxygens (including phenoxy) is 2. The molecule has 0 aliphatic carbocycles. The van der Waals surface area contributed by atoms with Crippen molar-refractivity contribution in [1.29, 1.82) is 0 Å². The van der Waals surface area contributed by atoms with Gasteiger partial charge in [0.2, 0.25) is 0 Å². The first-order valence-electron chi connectivity index (χ1n) is 8.19. The van der Waals surface area contributed by atoms with E-state index in [2.05, 4.69) is 15.0 Å². The summed E-state index contributed by atoms with van der Waals surface area (Å²) in [5.41, 5.74) is 2.18. The molecule has 0 unspecified atom stereocenters. The van der Waals surface area contributed by atoms with Crippen LogP contribution >= 0.6 is 11.3 Å². The number of carbonyl (C=O) groups is 2. The maximum atomic E-state index is 12.5. The summed E-state index contributed by atoms with van der Waals surface area (Å²) in [5, 5.41) is 5.70. The van der Waals surface area contributed by atoms with Gasteiger partial charge in [0.1, 0.15) is 12.4 Å². The number of hydrogen-bond donors (Lipinski definition) is 1. The van der Waals surface area contributed by atoms with Crippen molar-refractivity contribution in [3.63, 3.8) is 0 Å². The second-order valence-corrected chi connectivity index (χ2v) is 6.76. The zero-order valence-corrected chi connectivity index (χ0v) is 15.7. The number of methoxy groups -OCH3 is 1. The first-order valence-corrected chi connectivity index (χ1v) is 9.07. The van der Waals surface area contributed by atoms with Crippen molar-refractivity contribution in [1.82, 2.24) is 4.98 Å². The summed E-state index contributed by atoms with van der Waals surface area (Å²) in [4.78, 5) is 28.4. The molecule has 1 heterocycles. The highest BCUT2D eigenvalue weighted by Crippen LogP contribution is 2.18. The summed E-state index contributed by atoms with van der Waals surface area (Å²) in [6.45, 7) is 2.28. The van der Waals surface area contributed by atoms with Gasteiger partial charge in [0.05, 0.1) is 23.4 Å². The smallest absolute Gasteiger partial charge is 0.337 e. The summed E-state index contributed by atoms with van der Waals surface area (Å²) in [6.07, 6.45) is 0. The van der Waals surface area contributed by atoms with Crippen LogP contribution in [0.1, 0.15) is 31.4 Å². The number of rotatable bonds is 6. The molecule has 0 radical (unpaired) electrons. The van der Waals surface area contributed by atoms with Gasteiger partial charge in [-0.05, 0) is 43.3 Å². The number of amides is 1. The molecule has 0 bridgehead atoms. The minimum Gasteiger partial charge on any atom is -0.487 e. The highest BCUT2D eigenvalue weighted by molar-refractivity contribution is 7.09. The van der Waals surface area contributed by atoms with Crippen LogP contribution in [0.2, 0.25) is 0 Å². The van der Waals surface area contributed by atoms with Crippen molar-refractivity contribution < 1.29 is 19.1 Å². The standard InChI is InChI=1S/C20H18N2O4S/c1-13-21-17(12-27-13)11-26-18-8-4-5-14(10-18)19(23)22-16-7-3-6-15(9-16)20(24)25-2/h3-10,12H,11H2,1-2H3,(H,22,23). The summed E-state index contributed by atoms with van der Waals surface area (Å²) >= 11 is 1.57. The number of benzene rings is 2. The molecule has 6 nitrogen and oxygen atoms in total. The Kier molecular flexibility index (Phi) is 5.83. The molecule has 0 fully saturated rings. The molecule has 1 amide bonds. The number of nitrogens with zero attached hydrogens (tertiary/aromatic N) is 1. The van der Waals surface area contributed by atoms with Gasteiger partial charge >= 0.3 is 5.97 Å². The first-order chi connectivity index (χ1) is 13.0. The molecular weight excluding hydrogens is 364 g/mol. The predicted molar refractivity (Wildman–Crippen MR) is 103 cm³/mol. The van der Waals surface area contributed by atoms with Gasteiger partial charge in [-0.1, -0.05) is 12.1 Å². The van der Waals surface area contributed by atoms with Gasteiger partial charge < -0.3 is 14.8 Å². The largest absolute Gasteiger partial charge is 0.487 e.